The molecule has 2 heterocycles. The minimum Gasteiger partial charge on any atom is -0.340 e. The Morgan fingerprint density at radius 3 is 2.80 bits per heavy atom. The van der Waals surface area contributed by atoms with Gasteiger partial charge in [-0.3, -0.25) is 4.79 Å². The molecule has 1 unspecified atom stereocenters. The molecule has 0 saturated carbocycles. The van der Waals surface area contributed by atoms with E-state index in [1.807, 2.05) is 0 Å². The van der Waals surface area contributed by atoms with E-state index in [4.69, 9.17) is 0 Å². The third-order valence-electron chi connectivity index (χ3n) is 3.90. The quantitative estimate of drug-likeness (QED) is 0.654. The Kier molecular flexibility index (Phi) is 3.29. The van der Waals surface area contributed by atoms with Crippen molar-refractivity contribution in [2.75, 3.05) is 20.6 Å². The van der Waals surface area contributed by atoms with Gasteiger partial charge in [0.05, 0.1) is 0 Å². The molecule has 0 aromatic carbocycles. The first kappa shape index (κ1) is 10.9. The highest BCUT2D eigenvalue weighted by Crippen LogP contribution is 2.27. The highest BCUT2D eigenvalue weighted by atomic mass is 16.2. The lowest BCUT2D eigenvalue weighted by molar-refractivity contribution is -0.133. The SMILES string of the molecule is CN(C)C1CCCC(=O)N2CCC[C@@H]2C1. The fourth-order valence-corrected chi connectivity index (χ4v) is 2.94. The van der Waals surface area contributed by atoms with Crippen LogP contribution in [0.5, 0.6) is 0 Å². The summed E-state index contributed by atoms with van der Waals surface area (Å²) in [5.41, 5.74) is 0. The lowest BCUT2D eigenvalue weighted by atomic mass is 9.96. The molecule has 0 aromatic heterocycles. The van der Waals surface area contributed by atoms with E-state index in [2.05, 4.69) is 23.9 Å². The van der Waals surface area contributed by atoms with Crippen molar-refractivity contribution in [2.24, 2.45) is 0 Å². The van der Waals surface area contributed by atoms with Gasteiger partial charge in [0.15, 0.2) is 0 Å². The molecule has 2 aliphatic rings. The van der Waals surface area contributed by atoms with Crippen molar-refractivity contribution in [2.45, 2.75) is 50.6 Å². The third-order valence-corrected chi connectivity index (χ3v) is 3.90. The molecule has 0 aromatic rings. The molecule has 0 radical (unpaired) electrons. The van der Waals surface area contributed by atoms with Crippen LogP contribution in [0.3, 0.4) is 0 Å². The average Bonchev–Trinajstić information content (AvgIpc) is 2.60. The molecule has 2 rings (SSSR count). The Balaban J connectivity index is 2.05. The van der Waals surface area contributed by atoms with Gasteiger partial charge in [-0.1, -0.05) is 0 Å². The van der Waals surface area contributed by atoms with Crippen LogP contribution in [0.15, 0.2) is 0 Å². The van der Waals surface area contributed by atoms with Crippen LogP contribution in [-0.2, 0) is 4.79 Å². The second-order valence-electron chi connectivity index (χ2n) is 5.13. The first-order valence-electron chi connectivity index (χ1n) is 6.14. The van der Waals surface area contributed by atoms with E-state index in [1.54, 1.807) is 0 Å². The van der Waals surface area contributed by atoms with Gasteiger partial charge < -0.3 is 9.80 Å². The van der Waals surface area contributed by atoms with Crippen LogP contribution < -0.4 is 0 Å². The Labute approximate surface area is 92.4 Å². The largest absolute Gasteiger partial charge is 0.340 e. The number of hydrogen-bond donors (Lipinski definition) is 0. The summed E-state index contributed by atoms with van der Waals surface area (Å²) in [4.78, 5) is 16.3. The van der Waals surface area contributed by atoms with E-state index in [0.717, 1.165) is 19.4 Å². The van der Waals surface area contributed by atoms with Crippen LogP contribution >= 0.6 is 0 Å². The molecule has 0 N–H and O–H groups in total. The van der Waals surface area contributed by atoms with Gasteiger partial charge in [-0.15, -0.1) is 0 Å². The Bertz CT molecular complexity index is 240. The Morgan fingerprint density at radius 2 is 2.07 bits per heavy atom. The van der Waals surface area contributed by atoms with E-state index < -0.39 is 0 Å². The molecule has 3 heteroatoms. The number of amides is 1. The molecule has 15 heavy (non-hydrogen) atoms. The van der Waals surface area contributed by atoms with Gasteiger partial charge in [-0.05, 0) is 46.2 Å². The summed E-state index contributed by atoms with van der Waals surface area (Å²) in [5, 5.41) is 0. The minimum atomic E-state index is 0.398. The Morgan fingerprint density at radius 1 is 1.27 bits per heavy atom. The molecule has 2 saturated heterocycles. The smallest absolute Gasteiger partial charge is 0.222 e. The zero-order valence-corrected chi connectivity index (χ0v) is 9.91. The molecular formula is C12H22N2O. The monoisotopic (exact) mass is 210 g/mol. The van der Waals surface area contributed by atoms with Gasteiger partial charge in [0, 0.05) is 25.0 Å². The molecule has 3 nitrogen and oxygen atoms in total. The molecule has 2 atom stereocenters. The zero-order chi connectivity index (χ0) is 10.8. The van der Waals surface area contributed by atoms with Crippen LogP contribution in [0, 0.1) is 0 Å². The second kappa shape index (κ2) is 4.52. The van der Waals surface area contributed by atoms with Crippen molar-refractivity contribution in [1.82, 2.24) is 9.80 Å². The van der Waals surface area contributed by atoms with Crippen molar-refractivity contribution in [3.63, 3.8) is 0 Å². The van der Waals surface area contributed by atoms with Crippen LogP contribution in [0.4, 0.5) is 0 Å². The van der Waals surface area contributed by atoms with Crippen molar-refractivity contribution >= 4 is 5.91 Å². The normalized spacial score (nSPS) is 32.7. The molecule has 1 amide bonds. The van der Waals surface area contributed by atoms with Crippen LogP contribution in [0.2, 0.25) is 0 Å². The number of rotatable bonds is 1. The fraction of sp³-hybridized carbons (Fsp3) is 0.917. The summed E-state index contributed by atoms with van der Waals surface area (Å²) in [5.74, 6) is 0.398. The summed E-state index contributed by atoms with van der Waals surface area (Å²) < 4.78 is 0. The lowest BCUT2D eigenvalue weighted by Gasteiger charge is -2.34. The Hall–Kier alpha value is -0.570. The number of carbonyl (C=O) groups excluding carboxylic acids is 1. The van der Waals surface area contributed by atoms with E-state index in [0.29, 0.717) is 18.0 Å². The minimum absolute atomic E-state index is 0.398. The highest BCUT2D eigenvalue weighted by molar-refractivity contribution is 5.76. The van der Waals surface area contributed by atoms with Gasteiger partial charge in [-0.25, -0.2) is 0 Å². The first-order valence-corrected chi connectivity index (χ1v) is 6.14. The third kappa shape index (κ3) is 2.33. The summed E-state index contributed by atoms with van der Waals surface area (Å²) in [7, 11) is 4.32. The number of fused-ring (bicyclic) bond motifs is 1. The maximum absolute atomic E-state index is 11.8. The first-order chi connectivity index (χ1) is 7.18. The molecule has 2 fully saturated rings. The number of nitrogens with zero attached hydrogens (tertiary/aromatic N) is 2. The topological polar surface area (TPSA) is 23.6 Å². The van der Waals surface area contributed by atoms with E-state index in [-0.39, 0.29) is 0 Å². The maximum atomic E-state index is 11.8. The van der Waals surface area contributed by atoms with Crippen molar-refractivity contribution in [3.8, 4) is 0 Å². The summed E-state index contributed by atoms with van der Waals surface area (Å²) >= 11 is 0. The zero-order valence-electron chi connectivity index (χ0n) is 9.91. The lowest BCUT2D eigenvalue weighted by Crippen LogP contribution is -2.42. The summed E-state index contributed by atoms with van der Waals surface area (Å²) in [6, 6.07) is 1.20. The molecule has 2 aliphatic heterocycles. The number of carbonyl (C=O) groups is 1. The van der Waals surface area contributed by atoms with Crippen molar-refractivity contribution in [1.29, 1.82) is 0 Å². The van der Waals surface area contributed by atoms with Crippen molar-refractivity contribution < 1.29 is 4.79 Å². The average molecular weight is 210 g/mol. The maximum Gasteiger partial charge on any atom is 0.222 e. The standard InChI is InChI=1S/C12H22N2O/c1-13(2)10-5-3-7-12(15)14-8-4-6-11(14)9-10/h10-11H,3-9H2,1-2H3/t10?,11-/m1/s1. The van der Waals surface area contributed by atoms with Crippen LogP contribution in [0.25, 0.3) is 0 Å². The van der Waals surface area contributed by atoms with Gasteiger partial charge in [0.25, 0.3) is 0 Å². The molecular weight excluding hydrogens is 188 g/mol. The number of hydrogen-bond acceptors (Lipinski definition) is 2. The van der Waals surface area contributed by atoms with Gasteiger partial charge >= 0.3 is 0 Å². The molecule has 0 aliphatic carbocycles. The van der Waals surface area contributed by atoms with Gasteiger partial charge in [0.1, 0.15) is 0 Å². The predicted octanol–water partition coefficient (Wildman–Crippen LogP) is 1.48. The summed E-state index contributed by atoms with van der Waals surface area (Å²) in [6.07, 6.45) is 6.61. The molecule has 0 bridgehead atoms. The molecule has 86 valence electrons. The molecule has 0 spiro atoms. The fourth-order valence-electron chi connectivity index (χ4n) is 2.94. The van der Waals surface area contributed by atoms with E-state index in [1.165, 1.54) is 25.7 Å². The highest BCUT2D eigenvalue weighted by Gasteiger charge is 2.32. The van der Waals surface area contributed by atoms with Gasteiger partial charge in [-0.2, -0.15) is 0 Å². The van der Waals surface area contributed by atoms with Gasteiger partial charge in [0.2, 0.25) is 5.91 Å². The summed E-state index contributed by atoms with van der Waals surface area (Å²) in [6.45, 7) is 1.00. The van der Waals surface area contributed by atoms with Crippen LogP contribution in [0.1, 0.15) is 38.5 Å². The van der Waals surface area contributed by atoms with Crippen LogP contribution in [-0.4, -0.2) is 48.4 Å². The van der Waals surface area contributed by atoms with E-state index in [9.17, 15) is 4.79 Å². The predicted molar refractivity (Wildman–Crippen MR) is 60.7 cm³/mol. The van der Waals surface area contributed by atoms with Crippen molar-refractivity contribution in [3.05, 3.63) is 0 Å². The second-order valence-corrected chi connectivity index (χ2v) is 5.13. The van der Waals surface area contributed by atoms with E-state index >= 15 is 0 Å².